The second kappa shape index (κ2) is 12.3. The predicted octanol–water partition coefficient (Wildman–Crippen LogP) is 0.560. The van der Waals surface area contributed by atoms with Crippen LogP contribution >= 0.6 is 16.8 Å². The molecular formula is C6H9O3P2+. The van der Waals surface area contributed by atoms with E-state index in [1.54, 1.807) is 0 Å². The first kappa shape index (κ1) is 13.2. The van der Waals surface area contributed by atoms with Gasteiger partial charge in [-0.2, -0.15) is 0 Å². The van der Waals surface area contributed by atoms with E-state index in [4.69, 9.17) is 27.2 Å². The van der Waals surface area contributed by atoms with Crippen LogP contribution in [0.3, 0.4) is 0 Å². The van der Waals surface area contributed by atoms with E-state index < -0.39 is 8.25 Å². The Labute approximate surface area is 68.9 Å². The van der Waals surface area contributed by atoms with E-state index in [2.05, 4.69) is 11.8 Å². The van der Waals surface area contributed by atoms with Gasteiger partial charge in [-0.15, -0.1) is 34.5 Å². The minimum Gasteiger partial charge on any atom is -0.134 e. The lowest BCUT2D eigenvalue weighted by molar-refractivity contribution is 0.405. The van der Waals surface area contributed by atoms with Gasteiger partial charge in [0.1, 0.15) is 0 Å². The molecule has 0 bridgehead atoms. The minimum absolute atomic E-state index is 0.760. The van der Waals surface area contributed by atoms with Crippen molar-refractivity contribution in [3.8, 4) is 24.7 Å². The van der Waals surface area contributed by atoms with E-state index in [9.17, 15) is 0 Å². The van der Waals surface area contributed by atoms with Crippen LogP contribution in [-0.2, 0) is 4.57 Å². The fraction of sp³-hybridized carbons (Fsp3) is 0.333. The van der Waals surface area contributed by atoms with Gasteiger partial charge in [-0.3, -0.25) is 0 Å². The van der Waals surface area contributed by atoms with Crippen LogP contribution < -0.4 is 0 Å². The van der Waals surface area contributed by atoms with Gasteiger partial charge in [-0.25, -0.2) is 0 Å². The van der Waals surface area contributed by atoms with Gasteiger partial charge >= 0.3 is 8.25 Å². The molecule has 0 aliphatic carbocycles. The van der Waals surface area contributed by atoms with Crippen molar-refractivity contribution in [2.75, 3.05) is 12.3 Å². The monoisotopic (exact) mass is 191 g/mol. The number of rotatable bonds is 2. The lowest BCUT2D eigenvalue weighted by Gasteiger charge is -1.81. The second-order valence-electron chi connectivity index (χ2n) is 1.26. The quantitative estimate of drug-likeness (QED) is 0.381. The molecule has 0 radical (unpaired) electrons. The summed E-state index contributed by atoms with van der Waals surface area (Å²) in [5.74, 6) is 5.04. The maximum Gasteiger partial charge on any atom is 0.692 e. The summed E-state index contributed by atoms with van der Waals surface area (Å²) >= 11 is 0. The molecule has 0 atom stereocenters. The Morgan fingerprint density at radius 2 is 1.55 bits per heavy atom. The fourth-order valence-corrected chi connectivity index (χ4v) is 0.621. The van der Waals surface area contributed by atoms with Crippen LogP contribution in [-0.4, -0.2) is 22.1 Å². The van der Waals surface area contributed by atoms with Crippen molar-refractivity contribution in [3.63, 3.8) is 0 Å². The van der Waals surface area contributed by atoms with Gasteiger partial charge in [0.25, 0.3) is 0 Å². The molecule has 11 heavy (non-hydrogen) atoms. The van der Waals surface area contributed by atoms with Crippen LogP contribution in [0.15, 0.2) is 0 Å². The van der Waals surface area contributed by atoms with E-state index in [-0.39, 0.29) is 0 Å². The molecule has 2 N–H and O–H groups in total. The second-order valence-corrected chi connectivity index (χ2v) is 2.98. The van der Waals surface area contributed by atoms with Gasteiger partial charge in [-0.05, 0) is 0 Å². The highest BCUT2D eigenvalue weighted by Gasteiger charge is 1.93. The average molecular weight is 191 g/mol. The van der Waals surface area contributed by atoms with Gasteiger partial charge in [0.05, 0.1) is 0 Å². The van der Waals surface area contributed by atoms with Crippen molar-refractivity contribution in [2.24, 2.45) is 0 Å². The Balaban J connectivity index is 0. The summed E-state index contributed by atoms with van der Waals surface area (Å²) in [6.07, 6.45) is 11.6. The summed E-state index contributed by atoms with van der Waals surface area (Å²) in [5.41, 5.74) is 0. The lowest BCUT2D eigenvalue weighted by Crippen LogP contribution is -1.67. The highest BCUT2D eigenvalue weighted by atomic mass is 31.1. The Morgan fingerprint density at radius 3 is 1.73 bits per heavy atom. The van der Waals surface area contributed by atoms with E-state index in [0.717, 1.165) is 20.9 Å². The highest BCUT2D eigenvalue weighted by molar-refractivity contribution is 7.38. The molecule has 5 heteroatoms. The maximum atomic E-state index is 8.70. The summed E-state index contributed by atoms with van der Waals surface area (Å²) in [6.45, 7) is 0. The van der Waals surface area contributed by atoms with Crippen molar-refractivity contribution in [2.45, 2.75) is 0 Å². The molecule has 0 amide bonds. The maximum absolute atomic E-state index is 8.70. The standard InChI is InChI=1S/C6H7P.HO3P/c1-3-5-7-6-4-2;1-4(2)3/h1-2,7H,5-6H2;(H-,1,2,3)/p+1. The Morgan fingerprint density at radius 1 is 1.27 bits per heavy atom. The SMILES string of the molecule is C#CCPCC#C.O=[P+](O)O. The molecule has 60 valence electrons. The molecule has 0 aliphatic heterocycles. The minimum atomic E-state index is -2.87. The van der Waals surface area contributed by atoms with Crippen molar-refractivity contribution >= 4 is 16.8 Å². The van der Waals surface area contributed by atoms with Crippen molar-refractivity contribution in [1.29, 1.82) is 0 Å². The molecule has 0 spiro atoms. The molecular weight excluding hydrogens is 182 g/mol. The van der Waals surface area contributed by atoms with Gasteiger partial charge in [0.15, 0.2) is 0 Å². The molecule has 0 aliphatic rings. The zero-order valence-electron chi connectivity index (χ0n) is 5.82. The van der Waals surface area contributed by atoms with E-state index in [1.807, 2.05) is 0 Å². The topological polar surface area (TPSA) is 57.5 Å². The first-order chi connectivity index (χ1) is 5.15. The third-order valence-corrected chi connectivity index (χ3v) is 1.36. The molecule has 3 nitrogen and oxygen atoms in total. The number of hydrogen-bond acceptors (Lipinski definition) is 1. The Hall–Kier alpha value is -0.430. The van der Waals surface area contributed by atoms with Crippen LogP contribution in [0.1, 0.15) is 0 Å². The number of terminal acetylenes is 2. The van der Waals surface area contributed by atoms with Crippen LogP contribution in [0.2, 0.25) is 0 Å². The predicted molar refractivity (Wildman–Crippen MR) is 47.8 cm³/mol. The largest absolute Gasteiger partial charge is 0.692 e. The first-order valence-electron chi connectivity index (χ1n) is 2.57. The zero-order chi connectivity index (χ0) is 9.11. The molecule has 0 aromatic carbocycles. The smallest absolute Gasteiger partial charge is 0.134 e. The average Bonchev–Trinajstić information content (AvgIpc) is 1.88. The molecule has 0 aromatic rings. The van der Waals surface area contributed by atoms with Crippen LogP contribution in [0.4, 0.5) is 0 Å². The van der Waals surface area contributed by atoms with Gasteiger partial charge in [-0.1, -0.05) is 8.58 Å². The Kier molecular flexibility index (Phi) is 14.7. The van der Waals surface area contributed by atoms with Crippen LogP contribution in [0.5, 0.6) is 0 Å². The van der Waals surface area contributed by atoms with Crippen molar-refractivity contribution in [3.05, 3.63) is 0 Å². The first-order valence-corrected chi connectivity index (χ1v) is 5.15. The zero-order valence-corrected chi connectivity index (χ0v) is 7.71. The summed E-state index contributed by atoms with van der Waals surface area (Å²) in [7, 11) is -2.11. The van der Waals surface area contributed by atoms with E-state index in [0.29, 0.717) is 0 Å². The molecule has 0 heterocycles. The summed E-state index contributed by atoms with van der Waals surface area (Å²) in [6, 6.07) is 0. The van der Waals surface area contributed by atoms with Crippen molar-refractivity contribution < 1.29 is 14.4 Å². The Bertz CT molecular complexity index is 159. The van der Waals surface area contributed by atoms with Gasteiger partial charge in [0.2, 0.25) is 0 Å². The third-order valence-electron chi connectivity index (χ3n) is 0.454. The molecule has 0 rings (SSSR count). The summed E-state index contributed by atoms with van der Waals surface area (Å²) < 4.78 is 8.70. The third kappa shape index (κ3) is 43.0. The van der Waals surface area contributed by atoms with E-state index >= 15 is 0 Å². The summed E-state index contributed by atoms with van der Waals surface area (Å²) in [5, 5.41) is 0. The van der Waals surface area contributed by atoms with Crippen LogP contribution in [0.25, 0.3) is 0 Å². The van der Waals surface area contributed by atoms with Crippen LogP contribution in [0, 0.1) is 24.7 Å². The fourth-order valence-electron chi connectivity index (χ4n) is 0.207. The normalized spacial score (nSPS) is 6.55. The highest BCUT2D eigenvalue weighted by Crippen LogP contribution is 2.04. The molecule has 0 unspecified atom stereocenters. The van der Waals surface area contributed by atoms with Crippen molar-refractivity contribution in [1.82, 2.24) is 0 Å². The summed E-state index contributed by atoms with van der Waals surface area (Å²) in [4.78, 5) is 14.2. The van der Waals surface area contributed by atoms with E-state index in [1.165, 1.54) is 0 Å². The molecule has 0 saturated carbocycles. The van der Waals surface area contributed by atoms with Gasteiger partial charge in [0, 0.05) is 16.9 Å². The molecule has 0 aromatic heterocycles. The lowest BCUT2D eigenvalue weighted by atomic mass is 10.8. The molecule has 0 saturated heterocycles. The number of hydrogen-bond donors (Lipinski definition) is 2. The molecule has 0 fully saturated rings. The van der Waals surface area contributed by atoms with Gasteiger partial charge < -0.3 is 0 Å².